The summed E-state index contributed by atoms with van der Waals surface area (Å²) in [6.07, 6.45) is 2.95. The predicted octanol–water partition coefficient (Wildman–Crippen LogP) is 2.43. The van der Waals surface area contributed by atoms with Crippen molar-refractivity contribution in [3.63, 3.8) is 0 Å². The second-order valence-corrected chi connectivity index (χ2v) is 3.95. The van der Waals surface area contributed by atoms with Gasteiger partial charge in [0.1, 0.15) is 11.6 Å². The van der Waals surface area contributed by atoms with Crippen LogP contribution in [0.15, 0.2) is 18.2 Å². The van der Waals surface area contributed by atoms with Crippen molar-refractivity contribution in [1.82, 2.24) is 0 Å². The van der Waals surface area contributed by atoms with Crippen LogP contribution in [0.5, 0.6) is 5.75 Å². The molecule has 1 unspecified atom stereocenters. The number of fused-ring (bicyclic) bond motifs is 1. The lowest BCUT2D eigenvalue weighted by atomic mass is 9.91. The number of rotatable bonds is 2. The summed E-state index contributed by atoms with van der Waals surface area (Å²) >= 11 is 0. The van der Waals surface area contributed by atoms with Gasteiger partial charge < -0.3 is 10.5 Å². The van der Waals surface area contributed by atoms with Crippen LogP contribution >= 0.6 is 0 Å². The molecule has 2 N–H and O–H groups in total. The average molecular weight is 209 g/mol. The van der Waals surface area contributed by atoms with E-state index in [1.807, 2.05) is 0 Å². The lowest BCUT2D eigenvalue weighted by Gasteiger charge is -2.15. The van der Waals surface area contributed by atoms with E-state index in [-0.39, 0.29) is 5.82 Å². The highest BCUT2D eigenvalue weighted by molar-refractivity contribution is 5.37. The van der Waals surface area contributed by atoms with E-state index in [4.69, 9.17) is 10.5 Å². The number of nitrogens with two attached hydrogens (primary N) is 1. The first kappa shape index (κ1) is 10.4. The van der Waals surface area contributed by atoms with Gasteiger partial charge in [-0.25, -0.2) is 4.39 Å². The van der Waals surface area contributed by atoms with Crippen molar-refractivity contribution >= 4 is 0 Å². The Morgan fingerprint density at radius 3 is 3.13 bits per heavy atom. The van der Waals surface area contributed by atoms with Crippen molar-refractivity contribution < 1.29 is 9.13 Å². The molecule has 0 bridgehead atoms. The summed E-state index contributed by atoms with van der Waals surface area (Å²) in [6.45, 7) is 1.36. The second-order valence-electron chi connectivity index (χ2n) is 3.95. The summed E-state index contributed by atoms with van der Waals surface area (Å²) in [5.41, 5.74) is 6.56. The molecule has 1 aliphatic heterocycles. The van der Waals surface area contributed by atoms with Crippen molar-refractivity contribution in [3.8, 4) is 5.75 Å². The van der Waals surface area contributed by atoms with E-state index in [1.54, 1.807) is 12.1 Å². The zero-order chi connectivity index (χ0) is 10.7. The molecule has 1 heterocycles. The Morgan fingerprint density at radius 2 is 2.33 bits per heavy atom. The Kier molecular flexibility index (Phi) is 3.21. The summed E-state index contributed by atoms with van der Waals surface area (Å²) in [6, 6.07) is 4.75. The van der Waals surface area contributed by atoms with Crippen LogP contribution in [0.3, 0.4) is 0 Å². The number of benzene rings is 1. The van der Waals surface area contributed by atoms with Gasteiger partial charge in [-0.1, -0.05) is 0 Å². The minimum absolute atomic E-state index is 0.193. The van der Waals surface area contributed by atoms with Crippen molar-refractivity contribution in [2.75, 3.05) is 13.2 Å². The van der Waals surface area contributed by atoms with Crippen LogP contribution < -0.4 is 10.5 Å². The molecule has 2 rings (SSSR count). The zero-order valence-electron chi connectivity index (χ0n) is 8.71. The van der Waals surface area contributed by atoms with Crippen LogP contribution in [-0.2, 0) is 0 Å². The summed E-state index contributed by atoms with van der Waals surface area (Å²) in [5, 5.41) is 0. The Balaban J connectivity index is 2.33. The molecule has 1 aromatic carbocycles. The van der Waals surface area contributed by atoms with Gasteiger partial charge in [0, 0.05) is 5.56 Å². The molecule has 2 nitrogen and oxygen atoms in total. The van der Waals surface area contributed by atoms with E-state index in [2.05, 4.69) is 0 Å². The molecule has 3 heteroatoms. The Hall–Kier alpha value is -1.09. The molecule has 0 amide bonds. The molecule has 82 valence electrons. The number of hydrogen-bond acceptors (Lipinski definition) is 2. The van der Waals surface area contributed by atoms with Crippen molar-refractivity contribution in [1.29, 1.82) is 0 Å². The molecule has 0 fully saturated rings. The normalized spacial score (nSPS) is 20.3. The molecule has 0 radical (unpaired) electrons. The van der Waals surface area contributed by atoms with E-state index < -0.39 is 0 Å². The number of hydrogen-bond donors (Lipinski definition) is 1. The topological polar surface area (TPSA) is 35.2 Å². The predicted molar refractivity (Wildman–Crippen MR) is 57.5 cm³/mol. The largest absolute Gasteiger partial charge is 0.493 e. The number of ether oxygens (including phenoxy) is 1. The van der Waals surface area contributed by atoms with Gasteiger partial charge >= 0.3 is 0 Å². The van der Waals surface area contributed by atoms with Gasteiger partial charge in [-0.2, -0.15) is 0 Å². The van der Waals surface area contributed by atoms with E-state index in [0.29, 0.717) is 12.5 Å². The molecule has 0 aliphatic carbocycles. The summed E-state index contributed by atoms with van der Waals surface area (Å²) in [5.74, 6) is 0.983. The molecule has 1 aromatic rings. The minimum Gasteiger partial charge on any atom is -0.493 e. The van der Waals surface area contributed by atoms with Gasteiger partial charge in [-0.3, -0.25) is 0 Å². The fourth-order valence-corrected chi connectivity index (χ4v) is 2.14. The summed E-state index contributed by atoms with van der Waals surface area (Å²) < 4.78 is 18.7. The van der Waals surface area contributed by atoms with Crippen LogP contribution in [0.2, 0.25) is 0 Å². The first-order chi connectivity index (χ1) is 7.31. The SMILES string of the molecule is NCCC1CCCOc2ccc(F)cc21. The third-order valence-corrected chi connectivity index (χ3v) is 2.88. The Labute approximate surface area is 89.2 Å². The molecular weight excluding hydrogens is 193 g/mol. The second kappa shape index (κ2) is 4.62. The maximum Gasteiger partial charge on any atom is 0.123 e. The van der Waals surface area contributed by atoms with E-state index >= 15 is 0 Å². The van der Waals surface area contributed by atoms with Gasteiger partial charge in [-0.15, -0.1) is 0 Å². The fraction of sp³-hybridized carbons (Fsp3) is 0.500. The molecule has 15 heavy (non-hydrogen) atoms. The van der Waals surface area contributed by atoms with Crippen LogP contribution in [0.25, 0.3) is 0 Å². The summed E-state index contributed by atoms with van der Waals surface area (Å²) in [7, 11) is 0. The monoisotopic (exact) mass is 209 g/mol. The highest BCUT2D eigenvalue weighted by Gasteiger charge is 2.19. The van der Waals surface area contributed by atoms with Gasteiger partial charge in [0.05, 0.1) is 6.61 Å². The van der Waals surface area contributed by atoms with Crippen molar-refractivity contribution in [2.45, 2.75) is 25.2 Å². The quantitative estimate of drug-likeness (QED) is 0.811. The molecule has 0 saturated heterocycles. The van der Waals surface area contributed by atoms with Crippen LogP contribution in [-0.4, -0.2) is 13.2 Å². The maximum atomic E-state index is 13.2. The van der Waals surface area contributed by atoms with Crippen LogP contribution in [0, 0.1) is 5.82 Å². The van der Waals surface area contributed by atoms with E-state index in [0.717, 1.165) is 37.2 Å². The Morgan fingerprint density at radius 1 is 1.47 bits per heavy atom. The fourth-order valence-electron chi connectivity index (χ4n) is 2.14. The molecule has 0 saturated carbocycles. The highest BCUT2D eigenvalue weighted by Crippen LogP contribution is 2.35. The van der Waals surface area contributed by atoms with Gasteiger partial charge in [0.25, 0.3) is 0 Å². The molecule has 1 atom stereocenters. The minimum atomic E-state index is -0.193. The Bertz CT molecular complexity index is 340. The van der Waals surface area contributed by atoms with Crippen molar-refractivity contribution in [2.24, 2.45) is 5.73 Å². The van der Waals surface area contributed by atoms with Gasteiger partial charge in [0.2, 0.25) is 0 Å². The molecule has 0 aromatic heterocycles. The first-order valence-electron chi connectivity index (χ1n) is 5.43. The van der Waals surface area contributed by atoms with Gasteiger partial charge in [-0.05, 0) is 49.9 Å². The third-order valence-electron chi connectivity index (χ3n) is 2.88. The van der Waals surface area contributed by atoms with Crippen molar-refractivity contribution in [3.05, 3.63) is 29.6 Å². The maximum absolute atomic E-state index is 13.2. The summed E-state index contributed by atoms with van der Waals surface area (Å²) in [4.78, 5) is 0. The molecule has 1 aliphatic rings. The zero-order valence-corrected chi connectivity index (χ0v) is 8.71. The molecular formula is C12H16FNO. The number of halogens is 1. The van der Waals surface area contributed by atoms with Gasteiger partial charge in [0.15, 0.2) is 0 Å². The van der Waals surface area contributed by atoms with Crippen LogP contribution in [0.4, 0.5) is 4.39 Å². The smallest absolute Gasteiger partial charge is 0.123 e. The standard InChI is InChI=1S/C12H16FNO/c13-10-3-4-12-11(8-10)9(5-6-14)2-1-7-15-12/h3-4,8-9H,1-2,5-7,14H2. The average Bonchev–Trinajstić information content (AvgIpc) is 2.42. The lowest BCUT2D eigenvalue weighted by Crippen LogP contribution is -2.07. The van der Waals surface area contributed by atoms with Crippen LogP contribution in [0.1, 0.15) is 30.7 Å². The molecule has 0 spiro atoms. The third kappa shape index (κ3) is 2.29. The highest BCUT2D eigenvalue weighted by atomic mass is 19.1. The lowest BCUT2D eigenvalue weighted by molar-refractivity contribution is 0.315. The van der Waals surface area contributed by atoms with E-state index in [1.165, 1.54) is 6.07 Å². The first-order valence-corrected chi connectivity index (χ1v) is 5.43. The van der Waals surface area contributed by atoms with E-state index in [9.17, 15) is 4.39 Å².